The summed E-state index contributed by atoms with van der Waals surface area (Å²) < 4.78 is 10.4. The van der Waals surface area contributed by atoms with Crippen molar-refractivity contribution in [2.24, 2.45) is 10.8 Å². The Morgan fingerprint density at radius 2 is 1.95 bits per heavy atom. The maximum absolute atomic E-state index is 11.2. The van der Waals surface area contributed by atoms with Crippen LogP contribution in [-0.4, -0.2) is 31.5 Å². The fraction of sp³-hybridized carbons (Fsp3) is 0.250. The summed E-state index contributed by atoms with van der Waals surface area (Å²) in [4.78, 5) is 11.2. The number of carbonyl (C=O) groups excluding carboxylic acids is 1. The van der Waals surface area contributed by atoms with Gasteiger partial charge in [-0.25, -0.2) is 0 Å². The molecule has 7 nitrogen and oxygen atoms in total. The van der Waals surface area contributed by atoms with Gasteiger partial charge in [0.05, 0.1) is 26.1 Å². The van der Waals surface area contributed by atoms with E-state index in [-0.39, 0.29) is 11.0 Å². The quantitative estimate of drug-likeness (QED) is 0.423. The molecule has 0 saturated carbocycles. The Morgan fingerprint density at radius 1 is 1.35 bits per heavy atom. The second kappa shape index (κ2) is 7.29. The number of hydrogen-bond acceptors (Lipinski definition) is 5. The molecule has 0 aliphatic heterocycles. The van der Waals surface area contributed by atoms with E-state index in [0.717, 1.165) is 0 Å². The first-order valence-corrected chi connectivity index (χ1v) is 6.01. The van der Waals surface area contributed by atoms with Gasteiger partial charge in [-0.1, -0.05) is 0 Å². The fourth-order valence-corrected chi connectivity index (χ4v) is 1.52. The molecular weight excluding hydrogens is 280 g/mol. The molecule has 4 N–H and O–H groups in total. The van der Waals surface area contributed by atoms with Crippen molar-refractivity contribution >= 4 is 35.1 Å². The van der Waals surface area contributed by atoms with Crippen LogP contribution in [0.15, 0.2) is 17.2 Å². The van der Waals surface area contributed by atoms with Gasteiger partial charge in [0.2, 0.25) is 5.91 Å². The van der Waals surface area contributed by atoms with E-state index in [2.05, 4.69) is 28.1 Å². The maximum atomic E-state index is 11.2. The summed E-state index contributed by atoms with van der Waals surface area (Å²) in [5.41, 5.74) is 8.85. The number of hydrogen-bond donors (Lipinski definition) is 3. The number of anilines is 1. The second-order valence-electron chi connectivity index (χ2n) is 3.71. The Morgan fingerprint density at radius 3 is 2.45 bits per heavy atom. The Hall–Kier alpha value is -2.35. The molecule has 1 aromatic carbocycles. The Bertz CT molecular complexity index is 546. The predicted molar refractivity (Wildman–Crippen MR) is 81.4 cm³/mol. The van der Waals surface area contributed by atoms with E-state index in [1.807, 2.05) is 0 Å². The van der Waals surface area contributed by atoms with E-state index < -0.39 is 0 Å². The Labute approximate surface area is 122 Å². The number of thiocarbonyl (C=S) groups is 1. The van der Waals surface area contributed by atoms with Crippen LogP contribution in [0.1, 0.15) is 12.5 Å². The third kappa shape index (κ3) is 4.39. The van der Waals surface area contributed by atoms with Crippen molar-refractivity contribution in [2.45, 2.75) is 6.92 Å². The lowest BCUT2D eigenvalue weighted by atomic mass is 10.1. The molecule has 0 aliphatic carbocycles. The molecule has 1 aromatic rings. The molecule has 0 fully saturated rings. The first-order valence-electron chi connectivity index (χ1n) is 5.60. The van der Waals surface area contributed by atoms with Crippen LogP contribution in [0.4, 0.5) is 5.69 Å². The van der Waals surface area contributed by atoms with E-state index in [9.17, 15) is 4.79 Å². The number of carbonyl (C=O) groups is 1. The Balaban J connectivity index is 3.19. The first kappa shape index (κ1) is 15.7. The van der Waals surface area contributed by atoms with E-state index in [1.165, 1.54) is 27.4 Å². The number of nitrogens with two attached hydrogens (primary N) is 1. The van der Waals surface area contributed by atoms with Gasteiger partial charge in [0.1, 0.15) is 0 Å². The molecule has 1 rings (SSSR count). The minimum Gasteiger partial charge on any atom is -0.493 e. The number of benzene rings is 1. The van der Waals surface area contributed by atoms with Crippen molar-refractivity contribution in [2.75, 3.05) is 19.5 Å². The van der Waals surface area contributed by atoms with Crippen molar-refractivity contribution in [1.82, 2.24) is 5.43 Å². The Kier molecular flexibility index (Phi) is 5.73. The molecule has 8 heteroatoms. The topological polar surface area (TPSA) is 98.0 Å². The van der Waals surface area contributed by atoms with Crippen LogP contribution in [0.3, 0.4) is 0 Å². The van der Waals surface area contributed by atoms with Crippen LogP contribution < -0.4 is 25.9 Å². The van der Waals surface area contributed by atoms with Crippen LogP contribution in [0.5, 0.6) is 11.5 Å². The van der Waals surface area contributed by atoms with E-state index >= 15 is 0 Å². The van der Waals surface area contributed by atoms with Gasteiger partial charge in [-0.15, -0.1) is 0 Å². The molecule has 0 radical (unpaired) electrons. The predicted octanol–water partition coefficient (Wildman–Crippen LogP) is 0.829. The lowest BCUT2D eigenvalue weighted by molar-refractivity contribution is -0.114. The molecular formula is C12H16N4O3S. The van der Waals surface area contributed by atoms with Crippen LogP contribution in [0.2, 0.25) is 0 Å². The van der Waals surface area contributed by atoms with Gasteiger partial charge in [-0.2, -0.15) is 5.10 Å². The summed E-state index contributed by atoms with van der Waals surface area (Å²) in [6.07, 6.45) is 1.46. The number of methoxy groups -OCH3 is 2. The summed E-state index contributed by atoms with van der Waals surface area (Å²) in [5.74, 6) is 0.795. The van der Waals surface area contributed by atoms with Gasteiger partial charge >= 0.3 is 0 Å². The van der Waals surface area contributed by atoms with Crippen molar-refractivity contribution in [1.29, 1.82) is 0 Å². The van der Waals surface area contributed by atoms with Crippen molar-refractivity contribution < 1.29 is 14.3 Å². The van der Waals surface area contributed by atoms with Gasteiger partial charge in [0.25, 0.3) is 0 Å². The number of hydrazone groups is 1. The maximum Gasteiger partial charge on any atom is 0.221 e. The molecule has 0 atom stereocenters. The lowest BCUT2D eigenvalue weighted by Crippen LogP contribution is -2.24. The van der Waals surface area contributed by atoms with E-state index in [0.29, 0.717) is 22.7 Å². The fourth-order valence-electron chi connectivity index (χ4n) is 1.46. The van der Waals surface area contributed by atoms with Crippen LogP contribution >= 0.6 is 12.2 Å². The van der Waals surface area contributed by atoms with Crippen molar-refractivity contribution in [3.63, 3.8) is 0 Å². The third-order valence-corrected chi connectivity index (χ3v) is 2.34. The zero-order chi connectivity index (χ0) is 15.1. The normalized spacial score (nSPS) is 10.2. The molecule has 20 heavy (non-hydrogen) atoms. The molecule has 0 heterocycles. The molecule has 0 unspecified atom stereocenters. The van der Waals surface area contributed by atoms with E-state index in [1.54, 1.807) is 12.1 Å². The van der Waals surface area contributed by atoms with Gasteiger partial charge in [0, 0.05) is 18.6 Å². The molecule has 0 aliphatic rings. The average Bonchev–Trinajstić information content (AvgIpc) is 2.38. The van der Waals surface area contributed by atoms with Crippen molar-refractivity contribution in [3.8, 4) is 11.5 Å². The number of amides is 1. The monoisotopic (exact) mass is 296 g/mol. The first-order chi connectivity index (χ1) is 9.47. The van der Waals surface area contributed by atoms with Crippen molar-refractivity contribution in [3.05, 3.63) is 17.7 Å². The molecule has 0 spiro atoms. The largest absolute Gasteiger partial charge is 0.493 e. The highest BCUT2D eigenvalue weighted by Crippen LogP contribution is 2.32. The van der Waals surface area contributed by atoms with E-state index in [4.69, 9.17) is 15.2 Å². The molecule has 108 valence electrons. The number of ether oxygens (including phenoxy) is 2. The summed E-state index contributed by atoms with van der Waals surface area (Å²) in [7, 11) is 3.03. The van der Waals surface area contributed by atoms with Gasteiger partial charge in [0.15, 0.2) is 16.6 Å². The van der Waals surface area contributed by atoms with Crippen LogP contribution in [0.25, 0.3) is 0 Å². The van der Waals surface area contributed by atoms with Gasteiger partial charge in [-0.05, 0) is 18.3 Å². The highest BCUT2D eigenvalue weighted by atomic mass is 32.1. The van der Waals surface area contributed by atoms with Crippen LogP contribution in [-0.2, 0) is 4.79 Å². The second-order valence-corrected chi connectivity index (χ2v) is 4.15. The minimum absolute atomic E-state index is 0.0443. The smallest absolute Gasteiger partial charge is 0.221 e. The standard InChI is InChI=1S/C12H16N4O3S/c1-7(17)15-9-5-11(19-3)10(18-2)4-8(9)6-14-16-12(13)20/h4-6H,1-3H3,(H,15,17)(H3,13,16,20). The lowest BCUT2D eigenvalue weighted by Gasteiger charge is -2.13. The summed E-state index contributed by atoms with van der Waals surface area (Å²) in [5, 5.41) is 6.58. The number of rotatable bonds is 5. The third-order valence-electron chi connectivity index (χ3n) is 2.24. The zero-order valence-electron chi connectivity index (χ0n) is 11.4. The summed E-state index contributed by atoms with van der Waals surface area (Å²) in [6.45, 7) is 1.41. The average molecular weight is 296 g/mol. The molecule has 0 saturated heterocycles. The SMILES string of the molecule is COc1cc(C=NNC(N)=S)c(NC(C)=O)cc1OC. The zero-order valence-corrected chi connectivity index (χ0v) is 12.2. The van der Waals surface area contributed by atoms with Gasteiger partial charge in [-0.3, -0.25) is 10.2 Å². The number of nitrogens with zero attached hydrogens (tertiary/aromatic N) is 1. The summed E-state index contributed by atoms with van der Waals surface area (Å²) in [6, 6.07) is 3.32. The molecule has 0 aromatic heterocycles. The molecule has 1 amide bonds. The summed E-state index contributed by atoms with van der Waals surface area (Å²) >= 11 is 4.64. The molecule has 0 bridgehead atoms. The highest BCUT2D eigenvalue weighted by molar-refractivity contribution is 7.80. The number of nitrogens with one attached hydrogen (secondary N) is 2. The van der Waals surface area contributed by atoms with Gasteiger partial charge < -0.3 is 20.5 Å². The van der Waals surface area contributed by atoms with Crippen LogP contribution in [0, 0.1) is 0 Å². The minimum atomic E-state index is -0.214. The highest BCUT2D eigenvalue weighted by Gasteiger charge is 2.11.